The molecule has 0 radical (unpaired) electrons. The van der Waals surface area contributed by atoms with E-state index in [0.29, 0.717) is 17.8 Å². The Kier molecular flexibility index (Phi) is 6.02. The van der Waals surface area contributed by atoms with E-state index in [1.54, 1.807) is 0 Å². The predicted octanol–water partition coefficient (Wildman–Crippen LogP) is 2.46. The molecule has 20 heavy (non-hydrogen) atoms. The Morgan fingerprint density at radius 2 is 2.15 bits per heavy atom. The van der Waals surface area contributed by atoms with Gasteiger partial charge in [-0.3, -0.25) is 0 Å². The number of piperidine rings is 1. The van der Waals surface area contributed by atoms with Crippen LogP contribution >= 0.6 is 11.8 Å². The van der Waals surface area contributed by atoms with Gasteiger partial charge in [0.1, 0.15) is 0 Å². The summed E-state index contributed by atoms with van der Waals surface area (Å²) in [6.07, 6.45) is 8.57. The third kappa shape index (κ3) is 4.29. The molecule has 4 unspecified atom stereocenters. The fourth-order valence-corrected chi connectivity index (χ4v) is 4.17. The van der Waals surface area contributed by atoms with Crippen LogP contribution in [0, 0.1) is 5.92 Å². The second kappa shape index (κ2) is 7.55. The molecule has 0 aromatic carbocycles. The van der Waals surface area contributed by atoms with Gasteiger partial charge in [0.25, 0.3) is 0 Å². The van der Waals surface area contributed by atoms with E-state index in [9.17, 15) is 9.90 Å². The molecule has 4 nitrogen and oxygen atoms in total. The minimum Gasteiger partial charge on any atom is -0.393 e. The van der Waals surface area contributed by atoms with Gasteiger partial charge in [-0.2, -0.15) is 11.8 Å². The summed E-state index contributed by atoms with van der Waals surface area (Å²) in [4.78, 5) is 14.2. The van der Waals surface area contributed by atoms with Gasteiger partial charge in [0.15, 0.2) is 0 Å². The Bertz CT molecular complexity index is 325. The van der Waals surface area contributed by atoms with Crippen molar-refractivity contribution in [2.24, 2.45) is 5.92 Å². The van der Waals surface area contributed by atoms with Crippen LogP contribution in [-0.2, 0) is 0 Å². The Morgan fingerprint density at radius 3 is 2.85 bits per heavy atom. The van der Waals surface area contributed by atoms with E-state index in [0.717, 1.165) is 32.2 Å². The van der Waals surface area contributed by atoms with Crippen LogP contribution < -0.4 is 5.32 Å². The number of carbonyl (C=O) groups is 1. The topological polar surface area (TPSA) is 52.6 Å². The number of aliphatic hydroxyl groups is 1. The molecular weight excluding hydrogens is 272 g/mol. The number of nitrogens with one attached hydrogen (secondary N) is 1. The van der Waals surface area contributed by atoms with Gasteiger partial charge in [0, 0.05) is 30.3 Å². The molecule has 1 aliphatic heterocycles. The minimum atomic E-state index is -0.318. The lowest BCUT2D eigenvalue weighted by molar-refractivity contribution is 0.0730. The van der Waals surface area contributed by atoms with Crippen molar-refractivity contribution >= 4 is 17.8 Å². The highest BCUT2D eigenvalue weighted by molar-refractivity contribution is 7.99. The molecule has 116 valence electrons. The van der Waals surface area contributed by atoms with E-state index in [4.69, 9.17) is 0 Å². The maximum atomic E-state index is 12.4. The zero-order valence-corrected chi connectivity index (χ0v) is 13.5. The first kappa shape index (κ1) is 16.0. The van der Waals surface area contributed by atoms with Crippen LogP contribution in [0.3, 0.4) is 0 Å². The van der Waals surface area contributed by atoms with Gasteiger partial charge in [-0.05, 0) is 45.3 Å². The standard InChI is InChI=1S/C15H28N2O2S/c1-11(18)12-5-4-8-17(10-12)15(19)16-13-6-3-7-14(9-13)20-2/h11-14,18H,3-10H2,1-2H3,(H,16,19). The molecule has 5 heteroatoms. The summed E-state index contributed by atoms with van der Waals surface area (Å²) in [5.41, 5.74) is 0. The van der Waals surface area contributed by atoms with Crippen LogP contribution in [0.15, 0.2) is 0 Å². The molecule has 1 heterocycles. The molecule has 1 saturated heterocycles. The number of nitrogens with zero attached hydrogens (tertiary/aromatic N) is 1. The van der Waals surface area contributed by atoms with Gasteiger partial charge in [-0.25, -0.2) is 4.79 Å². The number of rotatable bonds is 3. The zero-order chi connectivity index (χ0) is 14.5. The molecule has 1 aliphatic carbocycles. The highest BCUT2D eigenvalue weighted by atomic mass is 32.2. The normalized spacial score (nSPS) is 32.8. The lowest BCUT2D eigenvalue weighted by Gasteiger charge is -2.36. The number of carbonyl (C=O) groups excluding carboxylic acids is 1. The van der Waals surface area contributed by atoms with Crippen molar-refractivity contribution < 1.29 is 9.90 Å². The van der Waals surface area contributed by atoms with Crippen molar-refractivity contribution in [2.45, 2.75) is 62.8 Å². The van der Waals surface area contributed by atoms with E-state index < -0.39 is 0 Å². The van der Waals surface area contributed by atoms with Gasteiger partial charge >= 0.3 is 6.03 Å². The minimum absolute atomic E-state index is 0.0714. The molecule has 0 aromatic heterocycles. The van der Waals surface area contributed by atoms with Crippen LogP contribution in [0.1, 0.15) is 45.4 Å². The van der Waals surface area contributed by atoms with Crippen molar-refractivity contribution in [3.63, 3.8) is 0 Å². The number of urea groups is 1. The van der Waals surface area contributed by atoms with Crippen LogP contribution in [0.5, 0.6) is 0 Å². The summed E-state index contributed by atoms with van der Waals surface area (Å²) in [5, 5.41) is 13.6. The van der Waals surface area contributed by atoms with Crippen molar-refractivity contribution in [1.29, 1.82) is 0 Å². The Morgan fingerprint density at radius 1 is 1.35 bits per heavy atom. The van der Waals surface area contributed by atoms with E-state index in [1.807, 2.05) is 23.6 Å². The summed E-state index contributed by atoms with van der Waals surface area (Å²) < 4.78 is 0. The molecule has 2 fully saturated rings. The van der Waals surface area contributed by atoms with Crippen LogP contribution in [0.2, 0.25) is 0 Å². The number of aliphatic hydroxyl groups excluding tert-OH is 1. The highest BCUT2D eigenvalue weighted by Crippen LogP contribution is 2.27. The summed E-state index contributed by atoms with van der Waals surface area (Å²) in [6.45, 7) is 3.35. The van der Waals surface area contributed by atoms with E-state index >= 15 is 0 Å². The Balaban J connectivity index is 1.81. The second-order valence-electron chi connectivity index (χ2n) is 6.26. The van der Waals surface area contributed by atoms with Gasteiger partial charge in [0.05, 0.1) is 6.10 Å². The second-order valence-corrected chi connectivity index (χ2v) is 7.40. The molecule has 0 bridgehead atoms. The SMILES string of the molecule is CSC1CCCC(NC(=O)N2CCCC(C(C)O)C2)C1. The lowest BCUT2D eigenvalue weighted by atomic mass is 9.93. The maximum Gasteiger partial charge on any atom is 0.317 e. The Hall–Kier alpha value is -0.420. The predicted molar refractivity (Wildman–Crippen MR) is 84.1 cm³/mol. The third-order valence-corrected chi connectivity index (χ3v) is 5.81. The molecule has 0 spiro atoms. The van der Waals surface area contributed by atoms with Gasteiger partial charge in [0.2, 0.25) is 0 Å². The Labute approximate surface area is 126 Å². The highest BCUT2D eigenvalue weighted by Gasteiger charge is 2.29. The summed E-state index contributed by atoms with van der Waals surface area (Å²) >= 11 is 1.92. The molecule has 4 atom stereocenters. The molecular formula is C15H28N2O2S. The fraction of sp³-hybridized carbons (Fsp3) is 0.933. The molecule has 2 N–H and O–H groups in total. The van der Waals surface area contributed by atoms with Crippen LogP contribution in [0.4, 0.5) is 4.79 Å². The van der Waals surface area contributed by atoms with Crippen molar-refractivity contribution in [3.05, 3.63) is 0 Å². The third-order valence-electron chi connectivity index (χ3n) is 4.71. The summed E-state index contributed by atoms with van der Waals surface area (Å²) in [6, 6.07) is 0.405. The molecule has 2 amide bonds. The van der Waals surface area contributed by atoms with Gasteiger partial charge in [-0.15, -0.1) is 0 Å². The molecule has 2 aliphatic rings. The van der Waals surface area contributed by atoms with Crippen LogP contribution in [0.25, 0.3) is 0 Å². The number of thioether (sulfide) groups is 1. The van der Waals surface area contributed by atoms with E-state index in [2.05, 4.69) is 11.6 Å². The molecule has 1 saturated carbocycles. The van der Waals surface area contributed by atoms with Crippen molar-refractivity contribution in [3.8, 4) is 0 Å². The number of hydrogen-bond acceptors (Lipinski definition) is 3. The van der Waals surface area contributed by atoms with Crippen LogP contribution in [-0.4, -0.2) is 52.8 Å². The monoisotopic (exact) mass is 300 g/mol. The smallest absolute Gasteiger partial charge is 0.317 e. The average Bonchev–Trinajstić information content (AvgIpc) is 2.47. The summed E-state index contributed by atoms with van der Waals surface area (Å²) in [7, 11) is 0. The lowest BCUT2D eigenvalue weighted by Crippen LogP contribution is -2.51. The first-order chi connectivity index (χ1) is 9.60. The maximum absolute atomic E-state index is 12.4. The van der Waals surface area contributed by atoms with E-state index in [1.165, 1.54) is 12.8 Å². The van der Waals surface area contributed by atoms with Gasteiger partial charge < -0.3 is 15.3 Å². The number of hydrogen-bond donors (Lipinski definition) is 2. The summed E-state index contributed by atoms with van der Waals surface area (Å²) in [5.74, 6) is 0.236. The van der Waals surface area contributed by atoms with Gasteiger partial charge in [-0.1, -0.05) is 6.42 Å². The fourth-order valence-electron chi connectivity index (χ4n) is 3.34. The molecule has 0 aromatic rings. The number of amides is 2. The first-order valence-corrected chi connectivity index (χ1v) is 9.15. The van der Waals surface area contributed by atoms with Crippen molar-refractivity contribution in [1.82, 2.24) is 10.2 Å². The average molecular weight is 300 g/mol. The van der Waals surface area contributed by atoms with Crippen molar-refractivity contribution in [2.75, 3.05) is 19.3 Å². The number of likely N-dealkylation sites (tertiary alicyclic amines) is 1. The zero-order valence-electron chi connectivity index (χ0n) is 12.7. The first-order valence-electron chi connectivity index (χ1n) is 7.86. The largest absolute Gasteiger partial charge is 0.393 e. The molecule has 2 rings (SSSR count). The quantitative estimate of drug-likeness (QED) is 0.842. The van der Waals surface area contributed by atoms with E-state index in [-0.39, 0.29) is 18.1 Å².